The highest BCUT2D eigenvalue weighted by Crippen LogP contribution is 2.26. The number of sulfonamides is 1. The monoisotopic (exact) mass is 342 g/mol. The standard InChI is InChI=1S/C11H19ClN2O2S3/c1-9-10(18-11(12)14-9)19(15,16)13-7-5-3-4-6-8-17-2/h13H,3-8H2,1-2H3. The van der Waals surface area contributed by atoms with Crippen molar-refractivity contribution in [3.05, 3.63) is 10.2 Å². The number of nitrogens with one attached hydrogen (secondary N) is 1. The number of aryl methyl sites for hydroxylation is 1. The Kier molecular flexibility index (Phi) is 7.68. The third kappa shape index (κ3) is 5.99. The zero-order valence-corrected chi connectivity index (χ0v) is 14.3. The van der Waals surface area contributed by atoms with Gasteiger partial charge in [-0.05, 0) is 31.8 Å². The van der Waals surface area contributed by atoms with Gasteiger partial charge in [0.15, 0.2) is 8.68 Å². The van der Waals surface area contributed by atoms with Crippen LogP contribution in [0.25, 0.3) is 0 Å². The van der Waals surface area contributed by atoms with Gasteiger partial charge in [0.05, 0.1) is 5.69 Å². The van der Waals surface area contributed by atoms with E-state index in [0.29, 0.717) is 12.2 Å². The molecule has 0 aliphatic rings. The van der Waals surface area contributed by atoms with E-state index >= 15 is 0 Å². The predicted molar refractivity (Wildman–Crippen MR) is 83.9 cm³/mol. The summed E-state index contributed by atoms with van der Waals surface area (Å²) in [5.41, 5.74) is 0.461. The molecule has 0 bridgehead atoms. The Balaban J connectivity index is 2.34. The number of unbranched alkanes of at least 4 members (excludes halogenated alkanes) is 3. The normalized spacial score (nSPS) is 11.9. The van der Waals surface area contributed by atoms with Gasteiger partial charge in [0.2, 0.25) is 0 Å². The van der Waals surface area contributed by atoms with Crippen molar-refractivity contribution in [2.24, 2.45) is 0 Å². The minimum Gasteiger partial charge on any atom is -0.229 e. The Morgan fingerprint density at radius 1 is 1.32 bits per heavy atom. The van der Waals surface area contributed by atoms with Crippen LogP contribution in [0.4, 0.5) is 0 Å². The van der Waals surface area contributed by atoms with Crippen LogP contribution in [0.15, 0.2) is 4.21 Å². The zero-order valence-electron chi connectivity index (χ0n) is 11.1. The molecule has 0 fully saturated rings. The highest BCUT2D eigenvalue weighted by molar-refractivity contribution is 7.98. The maximum absolute atomic E-state index is 12.0. The Morgan fingerprint density at radius 2 is 2.00 bits per heavy atom. The van der Waals surface area contributed by atoms with Gasteiger partial charge in [-0.3, -0.25) is 0 Å². The SMILES string of the molecule is CSCCCCCCNS(=O)(=O)c1sc(Cl)nc1C. The van der Waals surface area contributed by atoms with Crippen LogP contribution in [0.3, 0.4) is 0 Å². The van der Waals surface area contributed by atoms with Crippen LogP contribution in [0.5, 0.6) is 0 Å². The molecule has 0 spiro atoms. The number of nitrogens with zero attached hydrogens (tertiary/aromatic N) is 1. The van der Waals surface area contributed by atoms with E-state index in [9.17, 15) is 8.42 Å². The number of halogens is 1. The molecule has 0 radical (unpaired) electrons. The summed E-state index contributed by atoms with van der Waals surface area (Å²) in [7, 11) is -3.45. The van der Waals surface area contributed by atoms with Gasteiger partial charge in [0, 0.05) is 6.54 Å². The number of thioether (sulfide) groups is 1. The van der Waals surface area contributed by atoms with E-state index in [-0.39, 0.29) is 8.68 Å². The predicted octanol–water partition coefficient (Wildman–Crippen LogP) is 3.31. The molecule has 0 amide bonds. The fourth-order valence-electron chi connectivity index (χ4n) is 1.60. The summed E-state index contributed by atoms with van der Waals surface area (Å²) >= 11 is 8.56. The van der Waals surface area contributed by atoms with Crippen LogP contribution >= 0.6 is 34.7 Å². The molecule has 0 unspecified atom stereocenters. The van der Waals surface area contributed by atoms with Crippen molar-refractivity contribution in [1.29, 1.82) is 0 Å². The lowest BCUT2D eigenvalue weighted by molar-refractivity contribution is 0.575. The van der Waals surface area contributed by atoms with Gasteiger partial charge < -0.3 is 0 Å². The number of rotatable bonds is 9. The highest BCUT2D eigenvalue weighted by Gasteiger charge is 2.20. The van der Waals surface area contributed by atoms with Gasteiger partial charge in [0.1, 0.15) is 0 Å². The van der Waals surface area contributed by atoms with Gasteiger partial charge in [-0.25, -0.2) is 18.1 Å². The number of aromatic nitrogens is 1. The molecule has 0 aliphatic heterocycles. The first-order valence-corrected chi connectivity index (χ1v) is 10.2. The summed E-state index contributed by atoms with van der Waals surface area (Å²) in [4.78, 5) is 3.92. The van der Waals surface area contributed by atoms with Crippen LogP contribution in [-0.4, -0.2) is 32.0 Å². The molecule has 110 valence electrons. The van der Waals surface area contributed by atoms with Gasteiger partial charge in [-0.15, -0.1) is 0 Å². The van der Waals surface area contributed by atoms with Crippen LogP contribution < -0.4 is 4.72 Å². The topological polar surface area (TPSA) is 59.1 Å². The van der Waals surface area contributed by atoms with E-state index in [1.165, 1.54) is 12.2 Å². The highest BCUT2D eigenvalue weighted by atomic mass is 35.5. The van der Waals surface area contributed by atoms with Crippen LogP contribution in [0, 0.1) is 6.92 Å². The van der Waals surface area contributed by atoms with Crippen molar-refractivity contribution in [2.75, 3.05) is 18.6 Å². The molecule has 0 saturated heterocycles. The minimum absolute atomic E-state index is 0.222. The van der Waals surface area contributed by atoms with Crippen molar-refractivity contribution < 1.29 is 8.42 Å². The molecule has 1 aromatic heterocycles. The zero-order chi connectivity index (χ0) is 14.3. The average Bonchev–Trinajstić information content (AvgIpc) is 2.68. The van der Waals surface area contributed by atoms with Crippen molar-refractivity contribution in [1.82, 2.24) is 9.71 Å². The fraction of sp³-hybridized carbons (Fsp3) is 0.727. The van der Waals surface area contributed by atoms with E-state index in [1.807, 2.05) is 11.8 Å². The number of hydrogen-bond acceptors (Lipinski definition) is 5. The Labute approximate surface area is 128 Å². The Bertz CT molecular complexity index is 488. The molecule has 1 N–H and O–H groups in total. The summed E-state index contributed by atoms with van der Waals surface area (Å²) in [6.07, 6.45) is 6.34. The average molecular weight is 343 g/mol. The van der Waals surface area contributed by atoms with E-state index in [2.05, 4.69) is 16.0 Å². The van der Waals surface area contributed by atoms with E-state index in [0.717, 1.165) is 30.6 Å². The van der Waals surface area contributed by atoms with Crippen molar-refractivity contribution in [3.8, 4) is 0 Å². The molecule has 0 saturated carbocycles. The third-order valence-electron chi connectivity index (χ3n) is 2.54. The summed E-state index contributed by atoms with van der Waals surface area (Å²) in [6, 6.07) is 0. The first-order chi connectivity index (χ1) is 8.97. The number of hydrogen-bond donors (Lipinski definition) is 1. The molecular formula is C11H19ClN2O2S3. The molecule has 1 rings (SSSR count). The van der Waals surface area contributed by atoms with Crippen molar-refractivity contribution >= 4 is 44.7 Å². The molecule has 0 aromatic carbocycles. The first kappa shape index (κ1) is 17.2. The maximum atomic E-state index is 12.0. The molecule has 19 heavy (non-hydrogen) atoms. The van der Waals surface area contributed by atoms with Gasteiger partial charge in [0.25, 0.3) is 10.0 Å². The fourth-order valence-corrected chi connectivity index (χ4v) is 4.95. The van der Waals surface area contributed by atoms with E-state index in [4.69, 9.17) is 11.6 Å². The van der Waals surface area contributed by atoms with Crippen LogP contribution in [-0.2, 0) is 10.0 Å². The van der Waals surface area contributed by atoms with Crippen LogP contribution in [0.1, 0.15) is 31.4 Å². The molecule has 8 heteroatoms. The second kappa shape index (κ2) is 8.46. The summed E-state index contributed by atoms with van der Waals surface area (Å²) in [5, 5.41) is 0. The van der Waals surface area contributed by atoms with Crippen molar-refractivity contribution in [3.63, 3.8) is 0 Å². The van der Waals surface area contributed by atoms with Gasteiger partial charge in [-0.2, -0.15) is 11.8 Å². The van der Waals surface area contributed by atoms with Gasteiger partial charge >= 0.3 is 0 Å². The van der Waals surface area contributed by atoms with E-state index < -0.39 is 10.0 Å². The summed E-state index contributed by atoms with van der Waals surface area (Å²) < 4.78 is 27.1. The lowest BCUT2D eigenvalue weighted by Gasteiger charge is -2.05. The molecular weight excluding hydrogens is 324 g/mol. The Morgan fingerprint density at radius 3 is 2.58 bits per heavy atom. The number of thiazole rings is 1. The largest absolute Gasteiger partial charge is 0.251 e. The second-order valence-electron chi connectivity index (χ2n) is 4.14. The minimum atomic E-state index is -3.45. The molecule has 0 aliphatic carbocycles. The molecule has 4 nitrogen and oxygen atoms in total. The Hall–Kier alpha value is 0.180. The maximum Gasteiger partial charge on any atom is 0.251 e. The van der Waals surface area contributed by atoms with Crippen LogP contribution in [0.2, 0.25) is 4.47 Å². The lowest BCUT2D eigenvalue weighted by Crippen LogP contribution is -2.24. The third-order valence-corrected chi connectivity index (χ3v) is 6.57. The summed E-state index contributed by atoms with van der Waals surface area (Å²) in [6.45, 7) is 2.12. The molecule has 1 heterocycles. The van der Waals surface area contributed by atoms with E-state index in [1.54, 1.807) is 6.92 Å². The van der Waals surface area contributed by atoms with Crippen molar-refractivity contribution in [2.45, 2.75) is 36.8 Å². The molecule has 1 aromatic rings. The smallest absolute Gasteiger partial charge is 0.229 e. The summed E-state index contributed by atoms with van der Waals surface area (Å²) in [5.74, 6) is 1.17. The quantitative estimate of drug-likeness (QED) is 0.699. The second-order valence-corrected chi connectivity index (χ2v) is 8.67. The van der Waals surface area contributed by atoms with Gasteiger partial charge in [-0.1, -0.05) is 35.8 Å². The molecule has 0 atom stereocenters. The first-order valence-electron chi connectivity index (χ1n) is 6.09. The lowest BCUT2D eigenvalue weighted by atomic mass is 10.2.